The molecule has 0 fully saturated rings. The Labute approximate surface area is 206 Å². The van der Waals surface area contributed by atoms with Crippen molar-refractivity contribution >= 4 is 17.4 Å². The van der Waals surface area contributed by atoms with Gasteiger partial charge in [0.05, 0.1) is 13.1 Å². The van der Waals surface area contributed by atoms with E-state index in [1.807, 2.05) is 56.1 Å². The third kappa shape index (κ3) is 6.70. The molecule has 3 rings (SSSR count). The van der Waals surface area contributed by atoms with E-state index in [0.717, 1.165) is 17.5 Å². The molecule has 0 aliphatic heterocycles. The van der Waals surface area contributed by atoms with E-state index >= 15 is 0 Å². The van der Waals surface area contributed by atoms with E-state index in [-0.39, 0.29) is 36.4 Å². The van der Waals surface area contributed by atoms with Crippen LogP contribution in [0.3, 0.4) is 0 Å². The van der Waals surface area contributed by atoms with Gasteiger partial charge in [-0.1, -0.05) is 75.4 Å². The highest BCUT2D eigenvalue weighted by Crippen LogP contribution is 2.20. The predicted octanol–water partition coefficient (Wildman–Crippen LogP) is 2.85. The summed E-state index contributed by atoms with van der Waals surface area (Å²) in [4.78, 5) is 44.5. The van der Waals surface area contributed by atoms with E-state index in [9.17, 15) is 14.4 Å². The van der Waals surface area contributed by atoms with Crippen molar-refractivity contribution in [2.75, 3.05) is 30.8 Å². The minimum Gasteiger partial charge on any atom is -0.383 e. The highest BCUT2D eigenvalue weighted by molar-refractivity contribution is 5.96. The summed E-state index contributed by atoms with van der Waals surface area (Å²) in [5, 5.41) is 0. The molecule has 0 radical (unpaired) electrons. The Morgan fingerprint density at radius 1 is 1.00 bits per heavy atom. The molecule has 1 amide bonds. The summed E-state index contributed by atoms with van der Waals surface area (Å²) >= 11 is 0. The summed E-state index contributed by atoms with van der Waals surface area (Å²) in [6.07, 6.45) is 0.973. The van der Waals surface area contributed by atoms with E-state index in [1.165, 1.54) is 15.0 Å². The summed E-state index contributed by atoms with van der Waals surface area (Å²) in [7, 11) is 1.86. The second kappa shape index (κ2) is 11.7. The van der Waals surface area contributed by atoms with E-state index < -0.39 is 11.2 Å². The fourth-order valence-electron chi connectivity index (χ4n) is 4.01. The van der Waals surface area contributed by atoms with Crippen molar-refractivity contribution in [1.29, 1.82) is 0 Å². The lowest BCUT2D eigenvalue weighted by molar-refractivity contribution is -0.119. The van der Waals surface area contributed by atoms with Gasteiger partial charge in [-0.3, -0.25) is 24.0 Å². The molecule has 35 heavy (non-hydrogen) atoms. The molecule has 0 bridgehead atoms. The number of nitrogens with zero attached hydrogens (tertiary/aromatic N) is 3. The number of nitrogens with two attached hydrogens (primary N) is 1. The zero-order valence-electron chi connectivity index (χ0n) is 21.0. The van der Waals surface area contributed by atoms with Gasteiger partial charge >= 0.3 is 5.69 Å². The Kier molecular flexibility index (Phi) is 8.65. The van der Waals surface area contributed by atoms with Crippen molar-refractivity contribution < 1.29 is 4.79 Å². The van der Waals surface area contributed by atoms with Crippen LogP contribution in [0.2, 0.25) is 0 Å². The van der Waals surface area contributed by atoms with Crippen LogP contribution < -0.4 is 21.9 Å². The highest BCUT2D eigenvalue weighted by atomic mass is 16.2. The van der Waals surface area contributed by atoms with E-state index in [2.05, 4.69) is 36.2 Å². The van der Waals surface area contributed by atoms with Gasteiger partial charge in [-0.15, -0.1) is 0 Å². The molecule has 8 nitrogen and oxygen atoms in total. The number of hydrogen-bond donors (Lipinski definition) is 2. The van der Waals surface area contributed by atoms with Gasteiger partial charge in [-0.2, -0.15) is 0 Å². The molecule has 0 atom stereocenters. The highest BCUT2D eigenvalue weighted by Gasteiger charge is 2.26. The van der Waals surface area contributed by atoms with Gasteiger partial charge in [0.1, 0.15) is 5.82 Å². The number of amides is 1. The standard InChI is InChI=1S/C27H35N5O3/c1-5-20-11-13-22(14-12-20)16-30(4)18-23(33)31(15-19(2)3)24-25(28)32(27(35)29-26(24)34)17-21-9-7-6-8-10-21/h6-14,19H,5,15-18,28H2,1-4H3,(H,29,34,35). The van der Waals surface area contributed by atoms with Gasteiger partial charge in [0.15, 0.2) is 5.69 Å². The van der Waals surface area contributed by atoms with Crippen LogP contribution in [0.15, 0.2) is 64.2 Å². The first-order chi connectivity index (χ1) is 16.7. The monoisotopic (exact) mass is 477 g/mol. The van der Waals surface area contributed by atoms with E-state index in [1.54, 1.807) is 0 Å². The molecule has 0 aliphatic rings. The SMILES string of the molecule is CCc1ccc(CN(C)CC(=O)N(CC(C)C)c2c(N)n(Cc3ccccc3)c(=O)[nH]c2=O)cc1. The quantitative estimate of drug-likeness (QED) is 0.467. The van der Waals surface area contributed by atoms with Crippen molar-refractivity contribution in [3.63, 3.8) is 0 Å². The smallest absolute Gasteiger partial charge is 0.330 e. The molecule has 1 aromatic heterocycles. The number of benzene rings is 2. The fraction of sp³-hybridized carbons (Fsp3) is 0.370. The van der Waals surface area contributed by atoms with Crippen molar-refractivity contribution in [2.45, 2.75) is 40.3 Å². The number of carbonyl (C=O) groups excluding carboxylic acids is 1. The Morgan fingerprint density at radius 2 is 1.63 bits per heavy atom. The van der Waals surface area contributed by atoms with E-state index in [4.69, 9.17) is 5.73 Å². The molecule has 0 aliphatic carbocycles. The Morgan fingerprint density at radius 3 is 2.23 bits per heavy atom. The van der Waals surface area contributed by atoms with Gasteiger partial charge in [-0.05, 0) is 36.1 Å². The first-order valence-electron chi connectivity index (χ1n) is 11.9. The Hall–Kier alpha value is -3.65. The number of aromatic nitrogens is 2. The summed E-state index contributed by atoms with van der Waals surface area (Å²) in [5.74, 6) is -0.193. The molecule has 2 aromatic carbocycles. The average molecular weight is 478 g/mol. The zero-order valence-corrected chi connectivity index (χ0v) is 21.0. The second-order valence-electron chi connectivity index (χ2n) is 9.31. The number of nitrogen functional groups attached to an aromatic ring is 1. The minimum atomic E-state index is -0.663. The van der Waals surface area contributed by atoms with Crippen LogP contribution in [0.5, 0.6) is 0 Å². The van der Waals surface area contributed by atoms with Crippen molar-refractivity contribution in [1.82, 2.24) is 14.5 Å². The Balaban J connectivity index is 1.88. The van der Waals surface area contributed by atoms with Crippen LogP contribution in [0.25, 0.3) is 0 Å². The number of anilines is 2. The molecule has 3 N–H and O–H groups in total. The van der Waals surface area contributed by atoms with Crippen LogP contribution in [-0.4, -0.2) is 40.5 Å². The molecule has 0 saturated carbocycles. The fourth-order valence-corrected chi connectivity index (χ4v) is 4.01. The van der Waals surface area contributed by atoms with Crippen LogP contribution in [0, 0.1) is 5.92 Å². The molecule has 1 heterocycles. The average Bonchev–Trinajstić information content (AvgIpc) is 2.82. The summed E-state index contributed by atoms with van der Waals surface area (Å²) in [5.41, 5.74) is 8.32. The maximum Gasteiger partial charge on any atom is 0.330 e. The van der Waals surface area contributed by atoms with Crippen molar-refractivity contribution in [3.05, 3.63) is 92.1 Å². The number of rotatable bonds is 10. The van der Waals surface area contributed by atoms with Crippen LogP contribution >= 0.6 is 0 Å². The van der Waals surface area contributed by atoms with Gasteiger partial charge in [-0.25, -0.2) is 4.79 Å². The molecular formula is C27H35N5O3. The molecular weight excluding hydrogens is 442 g/mol. The number of likely N-dealkylation sites (N-methyl/N-ethyl adjacent to an activating group) is 1. The predicted molar refractivity (Wildman–Crippen MR) is 141 cm³/mol. The lowest BCUT2D eigenvalue weighted by Gasteiger charge is -2.28. The largest absolute Gasteiger partial charge is 0.383 e. The molecule has 8 heteroatoms. The maximum atomic E-state index is 13.4. The van der Waals surface area contributed by atoms with Gasteiger partial charge < -0.3 is 10.6 Å². The number of nitrogens with one attached hydrogen (secondary N) is 1. The Bertz CT molecular complexity index is 1250. The summed E-state index contributed by atoms with van der Waals surface area (Å²) in [6.45, 7) is 7.21. The molecule has 0 unspecified atom stereocenters. The zero-order chi connectivity index (χ0) is 25.5. The summed E-state index contributed by atoms with van der Waals surface area (Å²) in [6, 6.07) is 17.7. The second-order valence-corrected chi connectivity index (χ2v) is 9.31. The van der Waals surface area contributed by atoms with E-state index in [0.29, 0.717) is 13.1 Å². The van der Waals surface area contributed by atoms with Gasteiger partial charge in [0.2, 0.25) is 5.91 Å². The number of aryl methyl sites for hydroxylation is 1. The number of H-pyrrole nitrogens is 1. The molecule has 0 spiro atoms. The topological polar surface area (TPSA) is 104 Å². The maximum absolute atomic E-state index is 13.4. The van der Waals surface area contributed by atoms with Crippen LogP contribution in [0.4, 0.5) is 11.5 Å². The first kappa shape index (κ1) is 26.0. The third-order valence-corrected chi connectivity index (χ3v) is 5.81. The van der Waals surface area contributed by atoms with Crippen molar-refractivity contribution in [2.24, 2.45) is 5.92 Å². The summed E-state index contributed by atoms with van der Waals surface area (Å²) < 4.78 is 1.30. The third-order valence-electron chi connectivity index (χ3n) is 5.81. The lowest BCUT2D eigenvalue weighted by atomic mass is 10.1. The van der Waals surface area contributed by atoms with Crippen molar-refractivity contribution in [3.8, 4) is 0 Å². The molecule has 0 saturated heterocycles. The van der Waals surface area contributed by atoms with Gasteiger partial charge in [0.25, 0.3) is 5.56 Å². The number of aromatic amines is 1. The number of carbonyl (C=O) groups is 1. The normalized spacial score (nSPS) is 11.3. The molecule has 186 valence electrons. The number of hydrogen-bond acceptors (Lipinski definition) is 5. The molecule has 3 aromatic rings. The van der Waals surface area contributed by atoms with Gasteiger partial charge in [0, 0.05) is 13.1 Å². The first-order valence-corrected chi connectivity index (χ1v) is 11.9. The minimum absolute atomic E-state index is 0.0138. The lowest BCUT2D eigenvalue weighted by Crippen LogP contribution is -2.46. The van der Waals surface area contributed by atoms with Crippen LogP contribution in [0.1, 0.15) is 37.5 Å². The van der Waals surface area contributed by atoms with Crippen LogP contribution in [-0.2, 0) is 24.3 Å².